The minimum atomic E-state index is 0.703. The number of aromatic nitrogens is 3. The molecule has 0 saturated heterocycles. The number of hydrogen-bond donors (Lipinski definition) is 0. The Kier molecular flexibility index (Phi) is 3.92. The topological polar surface area (TPSA) is 43.9 Å². The van der Waals surface area contributed by atoms with Crippen LogP contribution in [-0.2, 0) is 0 Å². The third kappa shape index (κ3) is 2.78. The summed E-state index contributed by atoms with van der Waals surface area (Å²) in [7, 11) is 0. The summed E-state index contributed by atoms with van der Waals surface area (Å²) >= 11 is 1.60. The van der Waals surface area contributed by atoms with Gasteiger partial charge in [0.1, 0.15) is 0 Å². The standard InChI is InChI=1S/C16H15N3OS/c1-3-10-21-16-18-17-15(14-8-5-9-20-14)19(16)13-7-4-6-12(2)11-13/h3-9,11H,1,10H2,2H3. The number of aryl methyl sites for hydroxylation is 1. The molecule has 0 amide bonds. The number of furan rings is 1. The van der Waals surface area contributed by atoms with Crippen LogP contribution in [0.1, 0.15) is 5.56 Å². The maximum absolute atomic E-state index is 5.48. The van der Waals surface area contributed by atoms with Crippen LogP contribution in [0.5, 0.6) is 0 Å². The van der Waals surface area contributed by atoms with Crippen molar-refractivity contribution in [2.45, 2.75) is 12.1 Å². The lowest BCUT2D eigenvalue weighted by Crippen LogP contribution is -1.99. The highest BCUT2D eigenvalue weighted by molar-refractivity contribution is 7.99. The smallest absolute Gasteiger partial charge is 0.205 e. The van der Waals surface area contributed by atoms with Crippen molar-refractivity contribution in [1.82, 2.24) is 14.8 Å². The highest BCUT2D eigenvalue weighted by Gasteiger charge is 2.17. The molecule has 2 aromatic heterocycles. The van der Waals surface area contributed by atoms with E-state index in [9.17, 15) is 0 Å². The average molecular weight is 297 g/mol. The molecule has 0 aliphatic rings. The third-order valence-electron chi connectivity index (χ3n) is 2.97. The second kappa shape index (κ2) is 6.01. The minimum absolute atomic E-state index is 0.703. The molecule has 0 saturated carbocycles. The van der Waals surface area contributed by atoms with Gasteiger partial charge in [0, 0.05) is 5.75 Å². The molecule has 0 bridgehead atoms. The zero-order valence-electron chi connectivity index (χ0n) is 11.7. The lowest BCUT2D eigenvalue weighted by molar-refractivity contribution is 0.575. The van der Waals surface area contributed by atoms with Crippen LogP contribution >= 0.6 is 11.8 Å². The van der Waals surface area contributed by atoms with Gasteiger partial charge in [0.25, 0.3) is 0 Å². The number of rotatable bonds is 5. The molecule has 0 N–H and O–H groups in total. The van der Waals surface area contributed by atoms with E-state index >= 15 is 0 Å². The van der Waals surface area contributed by atoms with Gasteiger partial charge in [-0.25, -0.2) is 0 Å². The zero-order chi connectivity index (χ0) is 14.7. The fourth-order valence-electron chi connectivity index (χ4n) is 2.06. The van der Waals surface area contributed by atoms with Crippen molar-refractivity contribution in [3.8, 4) is 17.3 Å². The summed E-state index contributed by atoms with van der Waals surface area (Å²) in [5, 5.41) is 9.39. The van der Waals surface area contributed by atoms with Gasteiger partial charge in [-0.3, -0.25) is 4.57 Å². The number of hydrogen-bond acceptors (Lipinski definition) is 4. The number of nitrogens with zero attached hydrogens (tertiary/aromatic N) is 3. The molecule has 3 rings (SSSR count). The summed E-state index contributed by atoms with van der Waals surface area (Å²) < 4.78 is 7.49. The van der Waals surface area contributed by atoms with E-state index in [0.717, 1.165) is 16.6 Å². The highest BCUT2D eigenvalue weighted by atomic mass is 32.2. The molecule has 21 heavy (non-hydrogen) atoms. The van der Waals surface area contributed by atoms with E-state index in [4.69, 9.17) is 4.42 Å². The SMILES string of the molecule is C=CCSc1nnc(-c2ccco2)n1-c1cccc(C)c1. The number of thioether (sulfide) groups is 1. The van der Waals surface area contributed by atoms with Crippen LogP contribution in [-0.4, -0.2) is 20.5 Å². The predicted octanol–water partition coefficient (Wildman–Crippen LogP) is 4.11. The Morgan fingerprint density at radius 1 is 1.29 bits per heavy atom. The van der Waals surface area contributed by atoms with Crippen molar-refractivity contribution >= 4 is 11.8 Å². The molecule has 0 atom stereocenters. The van der Waals surface area contributed by atoms with Crippen LogP contribution < -0.4 is 0 Å². The third-order valence-corrected chi connectivity index (χ3v) is 3.89. The number of benzene rings is 1. The van der Waals surface area contributed by atoms with Crippen molar-refractivity contribution in [3.05, 3.63) is 60.9 Å². The Labute approximate surface area is 127 Å². The Morgan fingerprint density at radius 3 is 2.90 bits per heavy atom. The van der Waals surface area contributed by atoms with E-state index < -0.39 is 0 Å². The van der Waals surface area contributed by atoms with Gasteiger partial charge < -0.3 is 4.42 Å². The fraction of sp³-hybridized carbons (Fsp3) is 0.125. The second-order valence-corrected chi connectivity index (χ2v) is 5.54. The van der Waals surface area contributed by atoms with E-state index in [0.29, 0.717) is 11.6 Å². The molecule has 106 valence electrons. The predicted molar refractivity (Wildman–Crippen MR) is 84.7 cm³/mol. The van der Waals surface area contributed by atoms with Crippen LogP contribution in [0.25, 0.3) is 17.3 Å². The Balaban J connectivity index is 2.14. The summed E-state index contributed by atoms with van der Waals surface area (Å²) in [6.45, 7) is 5.82. The van der Waals surface area contributed by atoms with E-state index in [-0.39, 0.29) is 0 Å². The van der Waals surface area contributed by atoms with Gasteiger partial charge in [0.15, 0.2) is 10.9 Å². The van der Waals surface area contributed by atoms with Crippen LogP contribution in [0, 0.1) is 6.92 Å². The first kappa shape index (κ1) is 13.7. The monoisotopic (exact) mass is 297 g/mol. The van der Waals surface area contributed by atoms with Gasteiger partial charge in [-0.05, 0) is 36.8 Å². The molecule has 0 fully saturated rings. The average Bonchev–Trinajstić information content (AvgIpc) is 3.14. The second-order valence-electron chi connectivity index (χ2n) is 4.56. The van der Waals surface area contributed by atoms with Crippen LogP contribution in [0.4, 0.5) is 0 Å². The molecule has 0 radical (unpaired) electrons. The lowest BCUT2D eigenvalue weighted by Gasteiger charge is -2.09. The van der Waals surface area contributed by atoms with Crippen molar-refractivity contribution in [3.63, 3.8) is 0 Å². The summed E-state index contributed by atoms with van der Waals surface area (Å²) in [5.74, 6) is 2.19. The molecule has 1 aromatic carbocycles. The van der Waals surface area contributed by atoms with Gasteiger partial charge in [-0.15, -0.1) is 16.8 Å². The maximum Gasteiger partial charge on any atom is 0.205 e. The first-order valence-electron chi connectivity index (χ1n) is 6.59. The molecule has 2 heterocycles. The van der Waals surface area contributed by atoms with Crippen molar-refractivity contribution < 1.29 is 4.42 Å². The van der Waals surface area contributed by atoms with Gasteiger partial charge >= 0.3 is 0 Å². The summed E-state index contributed by atoms with van der Waals surface area (Å²) in [5.41, 5.74) is 2.21. The van der Waals surface area contributed by atoms with E-state index in [1.165, 1.54) is 5.56 Å². The molecule has 5 heteroatoms. The van der Waals surface area contributed by atoms with Crippen LogP contribution in [0.3, 0.4) is 0 Å². The van der Waals surface area contributed by atoms with Gasteiger partial charge in [-0.1, -0.05) is 30.0 Å². The summed E-state index contributed by atoms with van der Waals surface area (Å²) in [4.78, 5) is 0. The van der Waals surface area contributed by atoms with E-state index in [1.54, 1.807) is 18.0 Å². The van der Waals surface area contributed by atoms with Crippen molar-refractivity contribution in [2.24, 2.45) is 0 Å². The molecular weight excluding hydrogens is 282 g/mol. The van der Waals surface area contributed by atoms with Gasteiger partial charge in [0.05, 0.1) is 12.0 Å². The van der Waals surface area contributed by atoms with E-state index in [2.05, 4.69) is 35.8 Å². The van der Waals surface area contributed by atoms with Gasteiger partial charge in [-0.2, -0.15) is 0 Å². The molecule has 4 nitrogen and oxygen atoms in total. The van der Waals surface area contributed by atoms with Crippen molar-refractivity contribution in [1.29, 1.82) is 0 Å². The lowest BCUT2D eigenvalue weighted by atomic mass is 10.2. The molecular formula is C16H15N3OS. The Hall–Kier alpha value is -2.27. The fourth-order valence-corrected chi connectivity index (χ4v) is 2.75. The van der Waals surface area contributed by atoms with Crippen LogP contribution in [0.2, 0.25) is 0 Å². The Morgan fingerprint density at radius 2 is 2.19 bits per heavy atom. The summed E-state index contributed by atoms with van der Waals surface area (Å²) in [6.07, 6.45) is 3.49. The maximum atomic E-state index is 5.48. The largest absolute Gasteiger partial charge is 0.461 e. The van der Waals surface area contributed by atoms with E-state index in [1.807, 2.05) is 34.9 Å². The quantitative estimate of drug-likeness (QED) is 0.525. The molecule has 0 unspecified atom stereocenters. The van der Waals surface area contributed by atoms with Crippen molar-refractivity contribution in [2.75, 3.05) is 5.75 Å². The first-order chi connectivity index (χ1) is 10.3. The molecule has 0 aliphatic heterocycles. The zero-order valence-corrected chi connectivity index (χ0v) is 12.5. The normalized spacial score (nSPS) is 10.7. The molecule has 0 aliphatic carbocycles. The highest BCUT2D eigenvalue weighted by Crippen LogP contribution is 2.28. The molecule has 0 spiro atoms. The van der Waals surface area contributed by atoms with Gasteiger partial charge in [0.2, 0.25) is 5.82 Å². The van der Waals surface area contributed by atoms with Crippen LogP contribution in [0.15, 0.2) is 64.9 Å². The Bertz CT molecular complexity index is 747. The summed E-state index contributed by atoms with van der Waals surface area (Å²) in [6, 6.07) is 12.0. The molecule has 3 aromatic rings. The minimum Gasteiger partial charge on any atom is -0.461 e. The first-order valence-corrected chi connectivity index (χ1v) is 7.58.